The highest BCUT2D eigenvalue weighted by atomic mass is 14.1. The van der Waals surface area contributed by atoms with Gasteiger partial charge < -0.3 is 0 Å². The van der Waals surface area contributed by atoms with E-state index in [1.165, 1.54) is 154 Å². The van der Waals surface area contributed by atoms with E-state index < -0.39 is 0 Å². The molecule has 0 nitrogen and oxygen atoms in total. The number of hydrogen-bond acceptors (Lipinski definition) is 0. The molecule has 0 heteroatoms. The standard InChI is InChI=1S/C28H58/c1-4-7-10-12-14-15-16-17-18-19-20-22-24-27-28(25-9-6-3)26-23-21-13-11-8-5-2/h28H,4-27H2,1-3H3. The lowest BCUT2D eigenvalue weighted by molar-refractivity contribution is 0.370. The zero-order chi connectivity index (χ0) is 20.5. The summed E-state index contributed by atoms with van der Waals surface area (Å²) in [7, 11) is 0. The minimum atomic E-state index is 1.04. The molecular formula is C28H58. The van der Waals surface area contributed by atoms with Crippen LogP contribution in [0.25, 0.3) is 0 Å². The highest BCUT2D eigenvalue weighted by molar-refractivity contribution is 4.61. The lowest BCUT2D eigenvalue weighted by Gasteiger charge is -2.16. The van der Waals surface area contributed by atoms with Crippen LogP contribution in [0.2, 0.25) is 0 Å². The van der Waals surface area contributed by atoms with Crippen molar-refractivity contribution >= 4 is 0 Å². The van der Waals surface area contributed by atoms with Crippen molar-refractivity contribution in [3.8, 4) is 0 Å². The van der Waals surface area contributed by atoms with Gasteiger partial charge in [-0.15, -0.1) is 0 Å². The van der Waals surface area contributed by atoms with Gasteiger partial charge in [-0.1, -0.05) is 175 Å². The van der Waals surface area contributed by atoms with Crippen LogP contribution in [0.4, 0.5) is 0 Å². The van der Waals surface area contributed by atoms with E-state index in [1.54, 1.807) is 0 Å². The Hall–Kier alpha value is 0. The van der Waals surface area contributed by atoms with Crippen LogP contribution in [0.3, 0.4) is 0 Å². The van der Waals surface area contributed by atoms with Crippen molar-refractivity contribution in [2.75, 3.05) is 0 Å². The third kappa shape index (κ3) is 22.3. The summed E-state index contributed by atoms with van der Waals surface area (Å²) in [5, 5.41) is 0. The van der Waals surface area contributed by atoms with Crippen molar-refractivity contribution in [2.45, 2.75) is 175 Å². The highest BCUT2D eigenvalue weighted by Gasteiger charge is 2.08. The Morgan fingerprint density at radius 1 is 0.286 bits per heavy atom. The summed E-state index contributed by atoms with van der Waals surface area (Å²) in [6.07, 6.45) is 35.3. The minimum absolute atomic E-state index is 1.04. The van der Waals surface area contributed by atoms with Gasteiger partial charge in [0.2, 0.25) is 0 Å². The first-order chi connectivity index (χ1) is 13.8. The Bertz CT molecular complexity index is 257. The summed E-state index contributed by atoms with van der Waals surface area (Å²) < 4.78 is 0. The van der Waals surface area contributed by atoms with Crippen LogP contribution in [0.1, 0.15) is 175 Å². The summed E-state index contributed by atoms with van der Waals surface area (Å²) in [5.41, 5.74) is 0. The third-order valence-corrected chi connectivity index (χ3v) is 6.65. The van der Waals surface area contributed by atoms with Gasteiger partial charge in [0.15, 0.2) is 0 Å². The largest absolute Gasteiger partial charge is 0.0654 e. The van der Waals surface area contributed by atoms with E-state index in [0.717, 1.165) is 5.92 Å². The van der Waals surface area contributed by atoms with Gasteiger partial charge in [-0.05, 0) is 5.92 Å². The number of unbranched alkanes of at least 4 members (excludes halogenated alkanes) is 18. The second kappa shape index (κ2) is 25.0. The number of hydrogen-bond donors (Lipinski definition) is 0. The highest BCUT2D eigenvalue weighted by Crippen LogP contribution is 2.24. The molecule has 0 heterocycles. The maximum atomic E-state index is 2.35. The van der Waals surface area contributed by atoms with Crippen molar-refractivity contribution in [1.29, 1.82) is 0 Å². The normalized spacial score (nSPS) is 12.5. The Labute approximate surface area is 181 Å². The summed E-state index contributed by atoms with van der Waals surface area (Å²) >= 11 is 0. The van der Waals surface area contributed by atoms with Crippen LogP contribution in [0.15, 0.2) is 0 Å². The fourth-order valence-corrected chi connectivity index (χ4v) is 4.59. The van der Waals surface area contributed by atoms with E-state index in [2.05, 4.69) is 20.8 Å². The molecule has 0 aromatic rings. The van der Waals surface area contributed by atoms with Gasteiger partial charge >= 0.3 is 0 Å². The van der Waals surface area contributed by atoms with Gasteiger partial charge in [0.05, 0.1) is 0 Å². The zero-order valence-corrected chi connectivity index (χ0v) is 20.5. The van der Waals surface area contributed by atoms with E-state index in [1.807, 2.05) is 0 Å². The topological polar surface area (TPSA) is 0 Å². The summed E-state index contributed by atoms with van der Waals surface area (Å²) in [4.78, 5) is 0. The van der Waals surface area contributed by atoms with Gasteiger partial charge in [-0.25, -0.2) is 0 Å². The maximum absolute atomic E-state index is 2.35. The SMILES string of the molecule is CCCCCCCCCCCCCCCC(CCCC)CCCCCCCC. The molecule has 0 aromatic heterocycles. The quantitative estimate of drug-likeness (QED) is 0.143. The number of rotatable bonds is 24. The Kier molecular flexibility index (Phi) is 25.0. The zero-order valence-electron chi connectivity index (χ0n) is 20.5. The predicted molar refractivity (Wildman–Crippen MR) is 131 cm³/mol. The van der Waals surface area contributed by atoms with Gasteiger partial charge in [-0.2, -0.15) is 0 Å². The molecule has 0 radical (unpaired) electrons. The first-order valence-electron chi connectivity index (χ1n) is 13.8. The smallest absolute Gasteiger partial charge is 0.0414 e. The van der Waals surface area contributed by atoms with E-state index in [4.69, 9.17) is 0 Å². The average Bonchev–Trinajstić information content (AvgIpc) is 2.71. The fourth-order valence-electron chi connectivity index (χ4n) is 4.59. The van der Waals surface area contributed by atoms with E-state index in [-0.39, 0.29) is 0 Å². The Morgan fingerprint density at radius 3 is 0.857 bits per heavy atom. The van der Waals surface area contributed by atoms with Crippen molar-refractivity contribution in [2.24, 2.45) is 5.92 Å². The molecule has 1 unspecified atom stereocenters. The molecule has 0 spiro atoms. The summed E-state index contributed by atoms with van der Waals surface area (Å²) in [5.74, 6) is 1.04. The fraction of sp³-hybridized carbons (Fsp3) is 1.00. The van der Waals surface area contributed by atoms with Crippen LogP contribution >= 0.6 is 0 Å². The molecule has 0 amide bonds. The molecule has 0 N–H and O–H groups in total. The molecule has 0 rings (SSSR count). The molecule has 170 valence electrons. The van der Waals surface area contributed by atoms with Crippen molar-refractivity contribution < 1.29 is 0 Å². The van der Waals surface area contributed by atoms with Crippen molar-refractivity contribution in [3.05, 3.63) is 0 Å². The first-order valence-corrected chi connectivity index (χ1v) is 13.8. The van der Waals surface area contributed by atoms with Crippen LogP contribution in [-0.2, 0) is 0 Å². The molecule has 0 saturated carbocycles. The molecule has 0 fully saturated rings. The lowest BCUT2D eigenvalue weighted by Crippen LogP contribution is -2.01. The van der Waals surface area contributed by atoms with Crippen LogP contribution in [0.5, 0.6) is 0 Å². The Morgan fingerprint density at radius 2 is 0.536 bits per heavy atom. The minimum Gasteiger partial charge on any atom is -0.0654 e. The monoisotopic (exact) mass is 394 g/mol. The van der Waals surface area contributed by atoms with Gasteiger partial charge in [-0.3, -0.25) is 0 Å². The van der Waals surface area contributed by atoms with E-state index in [9.17, 15) is 0 Å². The van der Waals surface area contributed by atoms with Crippen LogP contribution in [0, 0.1) is 5.92 Å². The van der Waals surface area contributed by atoms with Gasteiger partial charge in [0, 0.05) is 0 Å². The molecular weight excluding hydrogens is 336 g/mol. The second-order valence-corrected chi connectivity index (χ2v) is 9.60. The van der Waals surface area contributed by atoms with E-state index >= 15 is 0 Å². The van der Waals surface area contributed by atoms with Gasteiger partial charge in [0.1, 0.15) is 0 Å². The Balaban J connectivity index is 3.45. The van der Waals surface area contributed by atoms with Crippen LogP contribution in [-0.4, -0.2) is 0 Å². The lowest BCUT2D eigenvalue weighted by atomic mass is 9.90. The molecule has 0 bridgehead atoms. The molecule has 0 aliphatic heterocycles. The van der Waals surface area contributed by atoms with Crippen molar-refractivity contribution in [3.63, 3.8) is 0 Å². The van der Waals surface area contributed by atoms with Gasteiger partial charge in [0.25, 0.3) is 0 Å². The summed E-state index contributed by atoms with van der Waals surface area (Å²) in [6.45, 7) is 6.98. The maximum Gasteiger partial charge on any atom is -0.0414 e. The molecule has 28 heavy (non-hydrogen) atoms. The third-order valence-electron chi connectivity index (χ3n) is 6.65. The molecule has 0 aromatic carbocycles. The van der Waals surface area contributed by atoms with E-state index in [0.29, 0.717) is 0 Å². The molecule has 0 saturated heterocycles. The first kappa shape index (κ1) is 28.0. The van der Waals surface area contributed by atoms with Crippen molar-refractivity contribution in [1.82, 2.24) is 0 Å². The van der Waals surface area contributed by atoms with Crippen LogP contribution < -0.4 is 0 Å². The second-order valence-electron chi connectivity index (χ2n) is 9.60. The molecule has 0 aliphatic carbocycles. The average molecular weight is 395 g/mol. The summed E-state index contributed by atoms with van der Waals surface area (Å²) in [6, 6.07) is 0. The molecule has 1 atom stereocenters. The molecule has 0 aliphatic rings. The predicted octanol–water partition coefficient (Wildman–Crippen LogP) is 11.0.